The Morgan fingerprint density at radius 2 is 1.69 bits per heavy atom. The molecule has 0 atom stereocenters. The summed E-state index contributed by atoms with van der Waals surface area (Å²) < 4.78 is 30.0. The number of H-pyrrole nitrogens is 1. The fourth-order valence-corrected chi connectivity index (χ4v) is 7.24. The van der Waals surface area contributed by atoms with E-state index in [0.29, 0.717) is 33.4 Å². The van der Waals surface area contributed by atoms with E-state index >= 15 is 4.39 Å². The number of aromatic nitrogens is 3. The highest BCUT2D eigenvalue weighted by molar-refractivity contribution is 6.06. The Balaban J connectivity index is 1.05. The minimum absolute atomic E-state index is 0.197. The lowest BCUT2D eigenvalue weighted by molar-refractivity contribution is 0.0780. The molecule has 2 aliphatic rings. The number of aliphatic hydroxyl groups is 1. The molecule has 51 heavy (non-hydrogen) atoms. The van der Waals surface area contributed by atoms with Crippen LogP contribution in [0, 0.1) is 24.5 Å². The van der Waals surface area contributed by atoms with Gasteiger partial charge in [-0.1, -0.05) is 30.3 Å². The average Bonchev–Trinajstić information content (AvgIpc) is 3.56. The predicted octanol–water partition coefficient (Wildman–Crippen LogP) is 6.48. The summed E-state index contributed by atoms with van der Waals surface area (Å²) in [6.07, 6.45) is 4.00. The zero-order chi connectivity index (χ0) is 35.7. The molecule has 4 N–H and O–H groups in total. The Morgan fingerprint density at radius 3 is 2.39 bits per heavy atom. The third-order valence-electron chi connectivity index (χ3n) is 10.3. The van der Waals surface area contributed by atoms with Crippen LogP contribution in [0.4, 0.5) is 14.5 Å². The Kier molecular flexibility index (Phi) is 9.98. The summed E-state index contributed by atoms with van der Waals surface area (Å²) in [6, 6.07) is 17.0. The van der Waals surface area contributed by atoms with Crippen molar-refractivity contribution in [1.82, 2.24) is 30.1 Å². The van der Waals surface area contributed by atoms with E-state index in [0.717, 1.165) is 69.1 Å². The van der Waals surface area contributed by atoms with Crippen molar-refractivity contribution in [1.29, 1.82) is 0 Å². The normalized spacial score (nSPS) is 16.5. The highest BCUT2D eigenvalue weighted by Crippen LogP contribution is 2.35. The number of aromatic amines is 1. The van der Waals surface area contributed by atoms with Crippen molar-refractivity contribution >= 4 is 22.6 Å². The van der Waals surface area contributed by atoms with E-state index in [1.165, 1.54) is 69.4 Å². The zero-order valence-electron chi connectivity index (χ0n) is 29.4. The van der Waals surface area contributed by atoms with Gasteiger partial charge in [0.15, 0.2) is 0 Å². The van der Waals surface area contributed by atoms with Crippen LogP contribution in [-0.2, 0) is 12.1 Å². The van der Waals surface area contributed by atoms with Crippen LogP contribution in [0.5, 0.6) is 0 Å². The number of amides is 1. The van der Waals surface area contributed by atoms with E-state index < -0.39 is 23.1 Å². The van der Waals surface area contributed by atoms with Crippen LogP contribution in [0.2, 0.25) is 0 Å². The van der Waals surface area contributed by atoms with E-state index in [1.54, 1.807) is 6.92 Å². The van der Waals surface area contributed by atoms with Crippen molar-refractivity contribution in [3.8, 4) is 22.5 Å². The second kappa shape index (κ2) is 14.6. The SMILES string of the molecule is Cc1c(NC(=O)c2ccc(C(C)(C)O)cc2F)cc(F)cc1-c1ncnc2[nH]c(-c3ccc(CN4CCN(CC5CCNCC5)CC4)cc3)cc12. The van der Waals surface area contributed by atoms with Gasteiger partial charge >= 0.3 is 0 Å². The number of piperazine rings is 1. The summed E-state index contributed by atoms with van der Waals surface area (Å²) in [5, 5.41) is 17.0. The molecule has 0 saturated carbocycles. The van der Waals surface area contributed by atoms with Gasteiger partial charge in [0.25, 0.3) is 5.91 Å². The number of hydrogen-bond acceptors (Lipinski definition) is 7. The van der Waals surface area contributed by atoms with Crippen molar-refractivity contribution in [2.75, 3.05) is 51.1 Å². The number of anilines is 1. The van der Waals surface area contributed by atoms with Crippen molar-refractivity contribution in [2.24, 2.45) is 5.92 Å². The van der Waals surface area contributed by atoms with Gasteiger partial charge in [-0.3, -0.25) is 9.69 Å². The molecule has 3 aromatic carbocycles. The molecule has 0 radical (unpaired) electrons. The van der Waals surface area contributed by atoms with E-state index in [-0.39, 0.29) is 11.3 Å². The molecular weight excluding hydrogens is 648 g/mol. The fraction of sp³-hybridized carbons (Fsp3) is 0.375. The molecule has 2 fully saturated rings. The number of rotatable bonds is 9. The third kappa shape index (κ3) is 7.86. The van der Waals surface area contributed by atoms with Gasteiger partial charge in [-0.05, 0) is 105 Å². The highest BCUT2D eigenvalue weighted by Gasteiger charge is 2.23. The van der Waals surface area contributed by atoms with Crippen LogP contribution >= 0.6 is 0 Å². The molecule has 0 spiro atoms. The lowest BCUT2D eigenvalue weighted by atomic mass is 9.96. The van der Waals surface area contributed by atoms with Gasteiger partial charge in [-0.25, -0.2) is 18.7 Å². The first-order chi connectivity index (χ1) is 24.5. The first kappa shape index (κ1) is 34.9. The molecule has 2 saturated heterocycles. The maximum absolute atomic E-state index is 15.1. The topological polar surface area (TPSA) is 109 Å². The van der Waals surface area contributed by atoms with E-state index in [4.69, 9.17) is 0 Å². The Bertz CT molecular complexity index is 2030. The van der Waals surface area contributed by atoms with Crippen LogP contribution in [0.1, 0.15) is 53.7 Å². The Hall–Kier alpha value is -4.55. The zero-order valence-corrected chi connectivity index (χ0v) is 29.4. The Labute approximate surface area is 297 Å². The second-order valence-corrected chi connectivity index (χ2v) is 14.5. The molecule has 1 amide bonds. The number of fused-ring (bicyclic) bond motifs is 1. The van der Waals surface area contributed by atoms with E-state index in [9.17, 15) is 14.3 Å². The number of nitrogens with one attached hydrogen (secondary N) is 3. The summed E-state index contributed by atoms with van der Waals surface area (Å²) in [7, 11) is 0. The molecule has 4 heterocycles. The molecule has 0 unspecified atom stereocenters. The largest absolute Gasteiger partial charge is 0.386 e. The minimum Gasteiger partial charge on any atom is -0.386 e. The van der Waals surface area contributed by atoms with Gasteiger partial charge in [0.2, 0.25) is 0 Å². The number of piperidine rings is 1. The number of carbonyl (C=O) groups is 1. The number of hydrogen-bond donors (Lipinski definition) is 4. The van der Waals surface area contributed by atoms with Crippen LogP contribution in [0.25, 0.3) is 33.5 Å². The molecule has 2 aliphatic heterocycles. The monoisotopic (exact) mass is 693 g/mol. The first-order valence-corrected chi connectivity index (χ1v) is 17.7. The lowest BCUT2D eigenvalue weighted by Crippen LogP contribution is -2.48. The summed E-state index contributed by atoms with van der Waals surface area (Å²) in [6.45, 7) is 13.7. The maximum Gasteiger partial charge on any atom is 0.258 e. The molecule has 0 aliphatic carbocycles. The Morgan fingerprint density at radius 1 is 0.961 bits per heavy atom. The standard InChI is InChI=1S/C40H45F2N7O2/c1-25-32(19-30(41)20-35(25)47-39(50)31-9-8-29(18-34(31)42)40(2,3)51)37-33-21-36(46-38(33)45-24-44-37)28-6-4-26(5-7-28)22-48-14-16-49(17-15-48)23-27-10-12-43-13-11-27/h4-9,18-21,24,27,43,51H,10-17,22-23H2,1-3H3,(H,47,50)(H,44,45,46). The van der Waals surface area contributed by atoms with Crippen molar-refractivity contribution < 1.29 is 18.7 Å². The molecule has 0 bridgehead atoms. The molecule has 11 heteroatoms. The first-order valence-electron chi connectivity index (χ1n) is 17.7. The molecular formula is C40H45F2N7O2. The molecule has 266 valence electrons. The van der Waals surface area contributed by atoms with Gasteiger partial charge in [-0.15, -0.1) is 0 Å². The smallest absolute Gasteiger partial charge is 0.258 e. The number of benzene rings is 3. The van der Waals surface area contributed by atoms with Gasteiger partial charge in [-0.2, -0.15) is 0 Å². The molecule has 5 aromatic rings. The second-order valence-electron chi connectivity index (χ2n) is 14.5. The molecule has 9 nitrogen and oxygen atoms in total. The molecule has 7 rings (SSSR count). The van der Waals surface area contributed by atoms with Crippen molar-refractivity contribution in [3.63, 3.8) is 0 Å². The van der Waals surface area contributed by atoms with Crippen LogP contribution in [0.3, 0.4) is 0 Å². The quantitative estimate of drug-likeness (QED) is 0.140. The van der Waals surface area contributed by atoms with Gasteiger partial charge < -0.3 is 25.6 Å². The predicted molar refractivity (Wildman–Crippen MR) is 196 cm³/mol. The highest BCUT2D eigenvalue weighted by atomic mass is 19.1. The number of halogens is 2. The van der Waals surface area contributed by atoms with E-state index in [2.05, 4.69) is 59.7 Å². The molecule has 2 aromatic heterocycles. The average molecular weight is 694 g/mol. The summed E-state index contributed by atoms with van der Waals surface area (Å²) in [5.41, 5.74) is 4.32. The minimum atomic E-state index is -1.27. The lowest BCUT2D eigenvalue weighted by Gasteiger charge is -2.37. The van der Waals surface area contributed by atoms with E-state index in [1.807, 2.05) is 6.07 Å². The van der Waals surface area contributed by atoms with Gasteiger partial charge in [0.1, 0.15) is 23.6 Å². The number of carbonyl (C=O) groups excluding carboxylic acids is 1. The summed E-state index contributed by atoms with van der Waals surface area (Å²) >= 11 is 0. The van der Waals surface area contributed by atoms with Crippen LogP contribution in [0.15, 0.2) is 67.0 Å². The van der Waals surface area contributed by atoms with Gasteiger partial charge in [0.05, 0.1) is 16.9 Å². The third-order valence-corrected chi connectivity index (χ3v) is 10.3. The van der Waals surface area contributed by atoms with Crippen LogP contribution in [-0.4, -0.2) is 81.6 Å². The van der Waals surface area contributed by atoms with Crippen LogP contribution < -0.4 is 10.6 Å². The fourth-order valence-electron chi connectivity index (χ4n) is 7.24. The maximum atomic E-state index is 15.1. The number of nitrogens with zero attached hydrogens (tertiary/aromatic N) is 4. The van der Waals surface area contributed by atoms with Crippen molar-refractivity contribution in [2.45, 2.75) is 45.8 Å². The summed E-state index contributed by atoms with van der Waals surface area (Å²) in [4.78, 5) is 30.6. The van der Waals surface area contributed by atoms with Crippen molar-refractivity contribution in [3.05, 3.63) is 101 Å². The summed E-state index contributed by atoms with van der Waals surface area (Å²) in [5.74, 6) is -1.27. The van der Waals surface area contributed by atoms with Gasteiger partial charge in [0, 0.05) is 61.6 Å².